The van der Waals surface area contributed by atoms with Crippen LogP contribution in [0, 0.1) is 0 Å². The van der Waals surface area contributed by atoms with Crippen molar-refractivity contribution in [3.05, 3.63) is 115 Å². The minimum Gasteiger partial charge on any atom is -0.245 e. The molecule has 1 nitrogen and oxygen atoms in total. The van der Waals surface area contributed by atoms with E-state index in [4.69, 9.17) is 0 Å². The molecule has 7 heteroatoms. The van der Waals surface area contributed by atoms with Gasteiger partial charge in [0, 0.05) is 32.9 Å². The van der Waals surface area contributed by atoms with Crippen LogP contribution < -0.4 is 21.2 Å². The van der Waals surface area contributed by atoms with Gasteiger partial charge in [-0.25, -0.2) is 4.44 Å². The molecule has 4 aromatic rings. The normalized spacial score (nSPS) is 12.7. The highest BCUT2D eigenvalue weighted by Crippen LogP contribution is 2.56. The maximum absolute atomic E-state index is 13.6. The van der Waals surface area contributed by atoms with E-state index in [0.29, 0.717) is 0 Å². The van der Waals surface area contributed by atoms with Crippen molar-refractivity contribution in [1.82, 2.24) is 4.44 Å². The number of rotatable bonds is 10. The largest absolute Gasteiger partial charge is 0.446 e. The van der Waals surface area contributed by atoms with Crippen molar-refractivity contribution in [2.75, 3.05) is 6.54 Å². The van der Waals surface area contributed by atoms with Gasteiger partial charge in [0.05, 0.1) is 0 Å². The van der Waals surface area contributed by atoms with E-state index in [9.17, 15) is 13.2 Å². The van der Waals surface area contributed by atoms with E-state index in [1.807, 2.05) is 66.7 Å². The van der Waals surface area contributed by atoms with Gasteiger partial charge in [-0.15, -0.1) is 0 Å². The van der Waals surface area contributed by atoms with Gasteiger partial charge in [0.1, 0.15) is 0 Å². The summed E-state index contributed by atoms with van der Waals surface area (Å²) in [6.45, 7) is 2.95. The maximum Gasteiger partial charge on any atom is 0.446 e. The molecule has 0 saturated heterocycles. The van der Waals surface area contributed by atoms with Gasteiger partial charge >= 0.3 is 5.51 Å². The Labute approximate surface area is 218 Å². The standard InChI is InChI=1S/C29H28F3NP2S/c1-2-3-23-33(34(24-15-7-4-8-16-24)25-17-9-5-10-18-25)35(26-19-11-6-12-20-26)27-21-13-14-22-28(27)36-29(30,31)32/h4-22H,2-3,23H2,1H3. The van der Waals surface area contributed by atoms with Crippen LogP contribution in [0.15, 0.2) is 120 Å². The molecular weight excluding hydrogens is 513 g/mol. The predicted molar refractivity (Wildman–Crippen MR) is 152 cm³/mol. The van der Waals surface area contributed by atoms with Gasteiger partial charge in [0.2, 0.25) is 0 Å². The summed E-state index contributed by atoms with van der Waals surface area (Å²) in [4.78, 5) is 0.275. The summed E-state index contributed by atoms with van der Waals surface area (Å²) in [5.74, 6) is 0. The molecule has 0 aromatic heterocycles. The Bertz CT molecular complexity index is 1170. The van der Waals surface area contributed by atoms with Crippen molar-refractivity contribution in [3.8, 4) is 0 Å². The Morgan fingerprint density at radius 2 is 1.08 bits per heavy atom. The number of thioether (sulfide) groups is 1. The molecule has 1 unspecified atom stereocenters. The molecule has 0 heterocycles. The van der Waals surface area contributed by atoms with Crippen LogP contribution in [0.3, 0.4) is 0 Å². The molecule has 0 radical (unpaired) electrons. The molecule has 186 valence electrons. The lowest BCUT2D eigenvalue weighted by Crippen LogP contribution is -2.33. The molecule has 4 rings (SSSR count). The van der Waals surface area contributed by atoms with Crippen molar-refractivity contribution < 1.29 is 13.2 Å². The monoisotopic (exact) mass is 541 g/mol. The molecule has 0 bridgehead atoms. The molecule has 0 amide bonds. The second-order valence-electron chi connectivity index (χ2n) is 8.10. The number of unbranched alkanes of at least 4 members (excludes halogenated alkanes) is 1. The van der Waals surface area contributed by atoms with Crippen LogP contribution in [0.5, 0.6) is 0 Å². The zero-order valence-electron chi connectivity index (χ0n) is 20.0. The second kappa shape index (κ2) is 12.9. The van der Waals surface area contributed by atoms with Crippen LogP contribution in [0.2, 0.25) is 0 Å². The first kappa shape index (κ1) is 26.9. The highest BCUT2D eigenvalue weighted by molar-refractivity contribution is 8.01. The fraction of sp³-hybridized carbons (Fsp3) is 0.172. The Morgan fingerprint density at radius 3 is 1.56 bits per heavy atom. The van der Waals surface area contributed by atoms with Crippen molar-refractivity contribution in [2.45, 2.75) is 30.2 Å². The number of alkyl halides is 3. The third-order valence-corrected chi connectivity index (χ3v) is 12.1. The van der Waals surface area contributed by atoms with E-state index in [0.717, 1.165) is 30.0 Å². The van der Waals surface area contributed by atoms with Crippen molar-refractivity contribution in [2.24, 2.45) is 0 Å². The second-order valence-corrected chi connectivity index (χ2v) is 13.8. The summed E-state index contributed by atoms with van der Waals surface area (Å²) in [7, 11) is -2.23. The minimum atomic E-state index is -4.36. The summed E-state index contributed by atoms with van der Waals surface area (Å²) in [6.07, 6.45) is 1.96. The minimum absolute atomic E-state index is 0.00831. The summed E-state index contributed by atoms with van der Waals surface area (Å²) in [5, 5.41) is 4.19. The van der Waals surface area contributed by atoms with E-state index in [2.05, 4.69) is 47.8 Å². The summed E-state index contributed by atoms with van der Waals surface area (Å²) >= 11 is -0.00831. The first-order valence-electron chi connectivity index (χ1n) is 11.9. The van der Waals surface area contributed by atoms with E-state index in [1.165, 1.54) is 10.6 Å². The van der Waals surface area contributed by atoms with E-state index in [-0.39, 0.29) is 16.7 Å². The van der Waals surface area contributed by atoms with Gasteiger partial charge in [-0.3, -0.25) is 0 Å². The van der Waals surface area contributed by atoms with E-state index in [1.54, 1.807) is 12.1 Å². The van der Waals surface area contributed by atoms with Gasteiger partial charge < -0.3 is 0 Å². The molecular formula is C29H28F3NP2S. The first-order chi connectivity index (χ1) is 17.5. The highest BCUT2D eigenvalue weighted by atomic mass is 32.2. The number of benzene rings is 4. The van der Waals surface area contributed by atoms with Gasteiger partial charge in [0.25, 0.3) is 0 Å². The summed E-state index contributed by atoms with van der Waals surface area (Å²) in [5.41, 5.74) is -4.36. The van der Waals surface area contributed by atoms with Crippen molar-refractivity contribution in [1.29, 1.82) is 0 Å². The fourth-order valence-electron chi connectivity index (χ4n) is 3.95. The lowest BCUT2D eigenvalue weighted by molar-refractivity contribution is -0.0327. The van der Waals surface area contributed by atoms with Crippen molar-refractivity contribution in [3.63, 3.8) is 0 Å². The highest BCUT2D eigenvalue weighted by Gasteiger charge is 2.35. The van der Waals surface area contributed by atoms with Crippen molar-refractivity contribution >= 4 is 49.1 Å². The average Bonchev–Trinajstić information content (AvgIpc) is 2.89. The smallest absolute Gasteiger partial charge is 0.245 e. The average molecular weight is 542 g/mol. The third-order valence-electron chi connectivity index (χ3n) is 5.49. The molecule has 0 aliphatic carbocycles. The molecule has 0 saturated carbocycles. The van der Waals surface area contributed by atoms with Gasteiger partial charge in [-0.1, -0.05) is 123 Å². The molecule has 1 atom stereocenters. The Kier molecular flexibility index (Phi) is 9.62. The number of nitrogens with zero attached hydrogens (tertiary/aromatic N) is 1. The van der Waals surface area contributed by atoms with Crippen LogP contribution >= 0.6 is 27.9 Å². The van der Waals surface area contributed by atoms with Crippen LogP contribution in [-0.4, -0.2) is 16.5 Å². The maximum atomic E-state index is 13.6. The van der Waals surface area contributed by atoms with Crippen LogP contribution in [0.25, 0.3) is 0 Å². The zero-order valence-corrected chi connectivity index (χ0v) is 22.6. The zero-order chi connectivity index (χ0) is 25.4. The SMILES string of the molecule is CCCCN(P(c1ccccc1)c1ccccc1)P(c1ccccc1)c1ccccc1SC(F)(F)F. The third kappa shape index (κ3) is 6.99. The van der Waals surface area contributed by atoms with Crippen LogP contribution in [0.4, 0.5) is 13.2 Å². The molecule has 0 aliphatic rings. The van der Waals surface area contributed by atoms with Crippen LogP contribution in [-0.2, 0) is 0 Å². The lowest BCUT2D eigenvalue weighted by Gasteiger charge is -2.39. The molecule has 4 aromatic carbocycles. The van der Waals surface area contributed by atoms with Gasteiger partial charge in [-0.2, -0.15) is 13.2 Å². The Morgan fingerprint density at radius 1 is 0.639 bits per heavy atom. The molecule has 36 heavy (non-hydrogen) atoms. The quantitative estimate of drug-likeness (QED) is 0.149. The molecule has 0 spiro atoms. The van der Waals surface area contributed by atoms with Gasteiger partial charge in [0.15, 0.2) is 0 Å². The van der Waals surface area contributed by atoms with E-state index >= 15 is 0 Å². The lowest BCUT2D eigenvalue weighted by atomic mass is 10.3. The van der Waals surface area contributed by atoms with E-state index < -0.39 is 21.7 Å². The van der Waals surface area contributed by atoms with Crippen LogP contribution in [0.1, 0.15) is 19.8 Å². The fourth-order valence-corrected chi connectivity index (χ4v) is 11.0. The predicted octanol–water partition coefficient (Wildman–Crippen LogP) is 7.80. The Hall–Kier alpha value is -2.16. The topological polar surface area (TPSA) is 3.24 Å². The molecule has 0 fully saturated rings. The summed E-state index contributed by atoms with van der Waals surface area (Å²) < 4.78 is 43.4. The Balaban J connectivity index is 1.95. The number of hydrogen-bond acceptors (Lipinski definition) is 2. The summed E-state index contributed by atoms with van der Waals surface area (Å²) in [6, 6.07) is 37.9. The number of hydrogen-bond donors (Lipinski definition) is 0. The molecule has 0 N–H and O–H groups in total. The number of halogens is 3. The molecule has 0 aliphatic heterocycles. The first-order valence-corrected chi connectivity index (χ1v) is 15.3. The van der Waals surface area contributed by atoms with Gasteiger partial charge in [-0.05, 0) is 40.2 Å².